The lowest BCUT2D eigenvalue weighted by Gasteiger charge is -2.16. The summed E-state index contributed by atoms with van der Waals surface area (Å²) in [6.07, 6.45) is 0.815. The molecule has 1 aliphatic heterocycles. The van der Waals surface area contributed by atoms with Crippen molar-refractivity contribution in [2.75, 3.05) is 13.1 Å². The molecule has 2 aromatic heterocycles. The molecular formula is C19H19N5O2. The highest BCUT2D eigenvalue weighted by molar-refractivity contribution is 6.04. The summed E-state index contributed by atoms with van der Waals surface area (Å²) in [4.78, 5) is 35.7. The fourth-order valence-corrected chi connectivity index (χ4v) is 3.52. The highest BCUT2D eigenvalue weighted by Gasteiger charge is 2.31. The molecule has 0 spiro atoms. The van der Waals surface area contributed by atoms with E-state index in [1.165, 1.54) is 0 Å². The molecular weight excluding hydrogens is 330 g/mol. The van der Waals surface area contributed by atoms with Crippen LogP contribution < -0.4 is 5.56 Å². The van der Waals surface area contributed by atoms with Gasteiger partial charge in [-0.1, -0.05) is 18.2 Å². The summed E-state index contributed by atoms with van der Waals surface area (Å²) in [5, 5.41) is 7.49. The lowest BCUT2D eigenvalue weighted by Crippen LogP contribution is -2.30. The number of carbonyl (C=O) groups is 1. The van der Waals surface area contributed by atoms with E-state index in [0.717, 1.165) is 23.6 Å². The van der Waals surface area contributed by atoms with E-state index in [9.17, 15) is 9.59 Å². The molecule has 1 saturated heterocycles. The van der Waals surface area contributed by atoms with Gasteiger partial charge in [-0.25, -0.2) is 15.1 Å². The number of H-pyrrole nitrogens is 1. The number of aryl methyl sites for hydroxylation is 2. The Morgan fingerprint density at radius 2 is 1.85 bits per heavy atom. The topological polar surface area (TPSA) is 91.8 Å². The molecule has 1 amide bonds. The van der Waals surface area contributed by atoms with Gasteiger partial charge in [-0.2, -0.15) is 5.10 Å². The Morgan fingerprint density at radius 1 is 1.15 bits per heavy atom. The Balaban J connectivity index is 1.63. The first kappa shape index (κ1) is 16.4. The number of nitrogens with zero attached hydrogens (tertiary/aromatic N) is 4. The normalized spacial score (nSPS) is 17.0. The number of aromatic amines is 1. The van der Waals surface area contributed by atoms with Crippen LogP contribution in [0.15, 0.2) is 35.1 Å². The second-order valence-electron chi connectivity index (χ2n) is 6.69. The molecule has 4 rings (SSSR count). The number of carbonyl (C=O) groups excluding carboxylic acids is 1. The van der Waals surface area contributed by atoms with Gasteiger partial charge in [0.2, 0.25) is 0 Å². The van der Waals surface area contributed by atoms with Crippen LogP contribution >= 0.6 is 0 Å². The lowest BCUT2D eigenvalue weighted by atomic mass is 10.1. The van der Waals surface area contributed by atoms with E-state index in [1.54, 1.807) is 29.2 Å². The van der Waals surface area contributed by atoms with Crippen LogP contribution in [0, 0.1) is 13.8 Å². The number of aromatic nitrogens is 4. The van der Waals surface area contributed by atoms with Crippen molar-refractivity contribution in [1.82, 2.24) is 25.1 Å². The van der Waals surface area contributed by atoms with Crippen LogP contribution in [-0.4, -0.2) is 44.1 Å². The molecule has 0 saturated carbocycles. The van der Waals surface area contributed by atoms with Gasteiger partial charge in [-0.05, 0) is 32.4 Å². The van der Waals surface area contributed by atoms with Gasteiger partial charge >= 0.3 is 0 Å². The van der Waals surface area contributed by atoms with Crippen LogP contribution in [0.2, 0.25) is 0 Å². The number of rotatable bonds is 2. The first-order chi connectivity index (χ1) is 12.5. The van der Waals surface area contributed by atoms with E-state index < -0.39 is 0 Å². The van der Waals surface area contributed by atoms with Crippen molar-refractivity contribution in [3.63, 3.8) is 0 Å². The SMILES string of the molecule is Cc1cc(C)nc(C2CCN(C(=O)c3n[nH]c(=O)c4ccccc34)C2)n1. The quantitative estimate of drug-likeness (QED) is 0.763. The third-order valence-corrected chi connectivity index (χ3v) is 4.74. The minimum Gasteiger partial charge on any atom is -0.336 e. The minimum absolute atomic E-state index is 0.117. The van der Waals surface area contributed by atoms with Gasteiger partial charge in [0.05, 0.1) is 5.39 Å². The van der Waals surface area contributed by atoms with E-state index in [-0.39, 0.29) is 23.1 Å². The fraction of sp³-hybridized carbons (Fsp3) is 0.316. The molecule has 1 unspecified atom stereocenters. The Morgan fingerprint density at radius 3 is 2.58 bits per heavy atom. The molecule has 1 atom stereocenters. The number of likely N-dealkylation sites (tertiary alicyclic amines) is 1. The highest BCUT2D eigenvalue weighted by atomic mass is 16.2. The summed E-state index contributed by atoms with van der Waals surface area (Å²) in [6.45, 7) is 5.07. The molecule has 0 radical (unpaired) electrons. The molecule has 1 aliphatic rings. The first-order valence-corrected chi connectivity index (χ1v) is 8.62. The van der Waals surface area contributed by atoms with Crippen LogP contribution in [0.25, 0.3) is 10.8 Å². The number of fused-ring (bicyclic) bond motifs is 1. The molecule has 7 nitrogen and oxygen atoms in total. The Hall–Kier alpha value is -3.09. The van der Waals surface area contributed by atoms with Gasteiger partial charge in [0.1, 0.15) is 5.82 Å². The minimum atomic E-state index is -0.292. The summed E-state index contributed by atoms with van der Waals surface area (Å²) in [6, 6.07) is 8.97. The van der Waals surface area contributed by atoms with E-state index in [1.807, 2.05) is 19.9 Å². The predicted octanol–water partition coefficient (Wildman–Crippen LogP) is 1.96. The molecule has 0 aliphatic carbocycles. The summed E-state index contributed by atoms with van der Waals surface area (Å²) < 4.78 is 0. The average Bonchev–Trinajstić information content (AvgIpc) is 3.11. The third kappa shape index (κ3) is 2.85. The maximum Gasteiger partial charge on any atom is 0.274 e. The predicted molar refractivity (Wildman–Crippen MR) is 97.1 cm³/mol. The smallest absolute Gasteiger partial charge is 0.274 e. The van der Waals surface area contributed by atoms with Crippen molar-refractivity contribution in [2.24, 2.45) is 0 Å². The molecule has 1 fully saturated rings. The maximum absolute atomic E-state index is 13.0. The fourth-order valence-electron chi connectivity index (χ4n) is 3.52. The standard InChI is InChI=1S/C19H19N5O2/c1-11-9-12(2)21-17(20-11)13-7-8-24(10-13)19(26)16-14-5-3-4-6-15(14)18(25)23-22-16/h3-6,9,13H,7-8,10H2,1-2H3,(H,23,25). The van der Waals surface area contributed by atoms with Crippen molar-refractivity contribution < 1.29 is 4.79 Å². The summed E-state index contributed by atoms with van der Waals surface area (Å²) in [5.74, 6) is 0.730. The Labute approximate surface area is 150 Å². The van der Waals surface area contributed by atoms with Crippen molar-refractivity contribution in [3.05, 3.63) is 63.6 Å². The molecule has 132 valence electrons. The number of benzene rings is 1. The van der Waals surface area contributed by atoms with Gasteiger partial charge in [-0.3, -0.25) is 9.59 Å². The largest absolute Gasteiger partial charge is 0.336 e. The Kier molecular flexibility index (Phi) is 3.99. The van der Waals surface area contributed by atoms with Crippen molar-refractivity contribution in [2.45, 2.75) is 26.2 Å². The number of hydrogen-bond acceptors (Lipinski definition) is 5. The van der Waals surface area contributed by atoms with Crippen LogP contribution in [-0.2, 0) is 0 Å². The molecule has 26 heavy (non-hydrogen) atoms. The second kappa shape index (κ2) is 6.33. The summed E-state index contributed by atoms with van der Waals surface area (Å²) >= 11 is 0. The van der Waals surface area contributed by atoms with Crippen LogP contribution in [0.1, 0.15) is 40.0 Å². The van der Waals surface area contributed by atoms with Gasteiger partial charge < -0.3 is 4.90 Å². The van der Waals surface area contributed by atoms with Crippen LogP contribution in [0.5, 0.6) is 0 Å². The lowest BCUT2D eigenvalue weighted by molar-refractivity contribution is 0.0785. The molecule has 3 aromatic rings. The molecule has 1 aromatic carbocycles. The molecule has 0 bridgehead atoms. The van der Waals surface area contributed by atoms with E-state index in [4.69, 9.17) is 0 Å². The zero-order chi connectivity index (χ0) is 18.3. The van der Waals surface area contributed by atoms with Crippen LogP contribution in [0.4, 0.5) is 0 Å². The number of nitrogens with one attached hydrogen (secondary N) is 1. The number of hydrogen-bond donors (Lipinski definition) is 1. The summed E-state index contributed by atoms with van der Waals surface area (Å²) in [5.41, 5.74) is 1.86. The van der Waals surface area contributed by atoms with Gasteiger partial charge in [-0.15, -0.1) is 0 Å². The van der Waals surface area contributed by atoms with Crippen molar-refractivity contribution in [1.29, 1.82) is 0 Å². The zero-order valence-electron chi connectivity index (χ0n) is 14.7. The van der Waals surface area contributed by atoms with Crippen LogP contribution in [0.3, 0.4) is 0 Å². The van der Waals surface area contributed by atoms with Gasteiger partial charge in [0, 0.05) is 35.8 Å². The molecule has 3 heterocycles. The van der Waals surface area contributed by atoms with E-state index >= 15 is 0 Å². The Bertz CT molecular complexity index is 1040. The average molecular weight is 349 g/mol. The number of amides is 1. The first-order valence-electron chi connectivity index (χ1n) is 8.62. The molecule has 1 N–H and O–H groups in total. The third-order valence-electron chi connectivity index (χ3n) is 4.74. The van der Waals surface area contributed by atoms with Crippen molar-refractivity contribution in [3.8, 4) is 0 Å². The highest BCUT2D eigenvalue weighted by Crippen LogP contribution is 2.27. The van der Waals surface area contributed by atoms with Gasteiger partial charge in [0.25, 0.3) is 11.5 Å². The second-order valence-corrected chi connectivity index (χ2v) is 6.69. The maximum atomic E-state index is 13.0. The van der Waals surface area contributed by atoms with Crippen molar-refractivity contribution >= 4 is 16.7 Å². The van der Waals surface area contributed by atoms with Gasteiger partial charge in [0.15, 0.2) is 5.69 Å². The summed E-state index contributed by atoms with van der Waals surface area (Å²) in [7, 11) is 0. The zero-order valence-corrected chi connectivity index (χ0v) is 14.7. The monoisotopic (exact) mass is 349 g/mol. The molecule has 7 heteroatoms. The van der Waals surface area contributed by atoms with E-state index in [2.05, 4.69) is 20.2 Å². The van der Waals surface area contributed by atoms with E-state index in [0.29, 0.717) is 23.9 Å².